The maximum Gasteiger partial charge on any atom is 0.319 e. The average Bonchev–Trinajstić information content (AvgIpc) is 3.07. The van der Waals surface area contributed by atoms with Crippen molar-refractivity contribution in [1.29, 1.82) is 0 Å². The fourth-order valence-electron chi connectivity index (χ4n) is 1.63. The molecule has 92 valence electrons. The molecule has 1 aromatic rings. The van der Waals surface area contributed by atoms with Gasteiger partial charge < -0.3 is 16.4 Å². The second kappa shape index (κ2) is 4.87. The number of hydrogen-bond acceptors (Lipinski definition) is 3. The van der Waals surface area contributed by atoms with Crippen molar-refractivity contribution >= 4 is 29.2 Å². The molecule has 1 aliphatic rings. The molecule has 2 amide bonds. The maximum absolute atomic E-state index is 11.6. The predicted octanol–water partition coefficient (Wildman–Crippen LogP) is 2.29. The second-order valence-corrected chi connectivity index (χ2v) is 5.59. The summed E-state index contributed by atoms with van der Waals surface area (Å²) in [7, 11) is 0. The van der Waals surface area contributed by atoms with Crippen LogP contribution in [-0.2, 0) is 0 Å². The number of hydrogen-bond donors (Lipinski definition) is 3. The van der Waals surface area contributed by atoms with E-state index >= 15 is 0 Å². The summed E-state index contributed by atoms with van der Waals surface area (Å²) < 4.78 is 0.285. The van der Waals surface area contributed by atoms with E-state index in [1.807, 2.05) is 23.9 Å². The van der Waals surface area contributed by atoms with E-state index in [-0.39, 0.29) is 10.8 Å². The molecule has 0 unspecified atom stereocenters. The van der Waals surface area contributed by atoms with Crippen LogP contribution in [0.3, 0.4) is 0 Å². The first-order valence-electron chi connectivity index (χ1n) is 5.59. The van der Waals surface area contributed by atoms with Crippen LogP contribution in [0.25, 0.3) is 0 Å². The molecule has 0 saturated heterocycles. The number of carbonyl (C=O) groups excluding carboxylic acids is 1. The van der Waals surface area contributed by atoms with Gasteiger partial charge in [-0.3, -0.25) is 0 Å². The van der Waals surface area contributed by atoms with Gasteiger partial charge in [0.1, 0.15) is 0 Å². The molecule has 1 aromatic carbocycles. The Hall–Kier alpha value is -1.36. The van der Waals surface area contributed by atoms with Crippen LogP contribution in [0.15, 0.2) is 24.3 Å². The van der Waals surface area contributed by atoms with Gasteiger partial charge in [-0.15, -0.1) is 0 Å². The summed E-state index contributed by atoms with van der Waals surface area (Å²) in [6.07, 6.45) is 4.46. The molecule has 0 aliphatic heterocycles. The van der Waals surface area contributed by atoms with Crippen LogP contribution < -0.4 is 16.4 Å². The Kier molecular flexibility index (Phi) is 3.47. The standard InChI is InChI=1S/C12H17N3OS/c1-17-12(5-6-12)8-14-11(16)15-10-4-2-3-9(13)7-10/h2-4,7H,5-6,8,13H2,1H3,(H2,14,15,16). The topological polar surface area (TPSA) is 67.2 Å². The number of amides is 2. The van der Waals surface area contributed by atoms with Gasteiger partial charge in [-0.05, 0) is 37.3 Å². The first-order valence-corrected chi connectivity index (χ1v) is 6.82. The van der Waals surface area contributed by atoms with Crippen LogP contribution in [0, 0.1) is 0 Å². The van der Waals surface area contributed by atoms with Crippen molar-refractivity contribution in [1.82, 2.24) is 5.32 Å². The Morgan fingerprint density at radius 2 is 2.29 bits per heavy atom. The number of anilines is 2. The first kappa shape index (κ1) is 12.1. The fourth-order valence-corrected chi connectivity index (χ4v) is 2.35. The van der Waals surface area contributed by atoms with Gasteiger partial charge in [-0.2, -0.15) is 11.8 Å². The number of benzene rings is 1. The zero-order valence-corrected chi connectivity index (χ0v) is 10.6. The Morgan fingerprint density at radius 3 is 2.88 bits per heavy atom. The predicted molar refractivity (Wildman–Crippen MR) is 73.4 cm³/mol. The van der Waals surface area contributed by atoms with Gasteiger partial charge in [0.15, 0.2) is 0 Å². The van der Waals surface area contributed by atoms with Gasteiger partial charge in [0, 0.05) is 22.7 Å². The summed E-state index contributed by atoms with van der Waals surface area (Å²) in [5.74, 6) is 0. The monoisotopic (exact) mass is 251 g/mol. The van der Waals surface area contributed by atoms with Crippen LogP contribution in [0.2, 0.25) is 0 Å². The minimum atomic E-state index is -0.170. The third-order valence-corrected chi connectivity index (χ3v) is 4.37. The maximum atomic E-state index is 11.6. The first-order chi connectivity index (χ1) is 8.13. The van der Waals surface area contributed by atoms with Crippen molar-refractivity contribution in [3.05, 3.63) is 24.3 Å². The molecule has 0 aromatic heterocycles. The minimum absolute atomic E-state index is 0.170. The molecular formula is C12H17N3OS. The normalized spacial score (nSPS) is 16.3. The van der Waals surface area contributed by atoms with E-state index in [1.54, 1.807) is 12.1 Å². The number of nitrogen functional groups attached to an aromatic ring is 1. The SMILES string of the molecule is CSC1(CNC(=O)Nc2cccc(N)c2)CC1. The Balaban J connectivity index is 1.81. The van der Waals surface area contributed by atoms with Crippen LogP contribution >= 0.6 is 11.8 Å². The van der Waals surface area contributed by atoms with Crippen LogP contribution in [0.4, 0.5) is 16.2 Å². The summed E-state index contributed by atoms with van der Waals surface area (Å²) in [6, 6.07) is 6.99. The van der Waals surface area contributed by atoms with Crippen molar-refractivity contribution in [3.63, 3.8) is 0 Å². The molecule has 4 nitrogen and oxygen atoms in total. The Bertz CT molecular complexity index is 418. The number of nitrogens with two attached hydrogens (primary N) is 1. The molecular weight excluding hydrogens is 234 g/mol. The molecule has 0 heterocycles. The van der Waals surface area contributed by atoms with Crippen LogP contribution in [0.5, 0.6) is 0 Å². The molecule has 1 fully saturated rings. The van der Waals surface area contributed by atoms with Gasteiger partial charge in [0.25, 0.3) is 0 Å². The summed E-state index contributed by atoms with van der Waals surface area (Å²) in [5, 5.41) is 5.66. The lowest BCUT2D eigenvalue weighted by Crippen LogP contribution is -2.35. The lowest BCUT2D eigenvalue weighted by atomic mass is 10.3. The zero-order valence-electron chi connectivity index (χ0n) is 9.82. The van der Waals surface area contributed by atoms with Crippen molar-refractivity contribution in [2.45, 2.75) is 17.6 Å². The second-order valence-electron chi connectivity index (χ2n) is 4.32. The third-order valence-electron chi connectivity index (χ3n) is 2.96. The van der Waals surface area contributed by atoms with Crippen molar-refractivity contribution in [2.24, 2.45) is 0 Å². The Morgan fingerprint density at radius 1 is 1.53 bits per heavy atom. The summed E-state index contributed by atoms with van der Waals surface area (Å²) in [5.41, 5.74) is 7.00. The summed E-state index contributed by atoms with van der Waals surface area (Å²) in [6.45, 7) is 0.725. The third kappa shape index (κ3) is 3.30. The van der Waals surface area contributed by atoms with E-state index in [0.29, 0.717) is 5.69 Å². The number of rotatable bonds is 4. The highest BCUT2D eigenvalue weighted by molar-refractivity contribution is 8.00. The lowest BCUT2D eigenvalue weighted by Gasteiger charge is -2.13. The van der Waals surface area contributed by atoms with Crippen molar-refractivity contribution in [3.8, 4) is 0 Å². The average molecular weight is 251 g/mol. The van der Waals surface area contributed by atoms with Crippen molar-refractivity contribution in [2.75, 3.05) is 23.9 Å². The number of carbonyl (C=O) groups is 1. The summed E-state index contributed by atoms with van der Waals surface area (Å²) in [4.78, 5) is 11.6. The molecule has 4 N–H and O–H groups in total. The largest absolute Gasteiger partial charge is 0.399 e. The molecule has 5 heteroatoms. The van der Waals surface area contributed by atoms with Gasteiger partial charge in [0.2, 0.25) is 0 Å². The smallest absolute Gasteiger partial charge is 0.319 e. The molecule has 0 atom stereocenters. The van der Waals surface area contributed by atoms with E-state index in [2.05, 4.69) is 16.9 Å². The molecule has 1 aliphatic carbocycles. The van der Waals surface area contributed by atoms with Crippen LogP contribution in [0.1, 0.15) is 12.8 Å². The van der Waals surface area contributed by atoms with Gasteiger partial charge >= 0.3 is 6.03 Å². The van der Waals surface area contributed by atoms with Gasteiger partial charge in [0.05, 0.1) is 0 Å². The highest BCUT2D eigenvalue weighted by atomic mass is 32.2. The van der Waals surface area contributed by atoms with E-state index < -0.39 is 0 Å². The van der Waals surface area contributed by atoms with Gasteiger partial charge in [-0.25, -0.2) is 4.79 Å². The van der Waals surface area contributed by atoms with Crippen LogP contribution in [-0.4, -0.2) is 23.6 Å². The number of thioether (sulfide) groups is 1. The number of urea groups is 1. The molecule has 0 bridgehead atoms. The molecule has 1 saturated carbocycles. The molecule has 2 rings (SSSR count). The number of nitrogens with one attached hydrogen (secondary N) is 2. The van der Waals surface area contributed by atoms with E-state index in [9.17, 15) is 4.79 Å². The molecule has 0 spiro atoms. The summed E-state index contributed by atoms with van der Waals surface area (Å²) >= 11 is 1.83. The minimum Gasteiger partial charge on any atom is -0.399 e. The lowest BCUT2D eigenvalue weighted by molar-refractivity contribution is 0.252. The van der Waals surface area contributed by atoms with E-state index in [4.69, 9.17) is 5.73 Å². The zero-order chi connectivity index (χ0) is 12.3. The highest BCUT2D eigenvalue weighted by Crippen LogP contribution is 2.46. The molecule has 0 radical (unpaired) electrons. The molecule has 17 heavy (non-hydrogen) atoms. The Labute approximate surface area is 105 Å². The fraction of sp³-hybridized carbons (Fsp3) is 0.417. The van der Waals surface area contributed by atoms with Gasteiger partial charge in [-0.1, -0.05) is 6.07 Å². The van der Waals surface area contributed by atoms with Crippen molar-refractivity contribution < 1.29 is 4.79 Å². The quantitative estimate of drug-likeness (QED) is 0.719. The highest BCUT2D eigenvalue weighted by Gasteiger charge is 2.41. The van der Waals surface area contributed by atoms with E-state index in [1.165, 1.54) is 12.8 Å². The van der Waals surface area contributed by atoms with E-state index in [0.717, 1.165) is 12.2 Å².